The van der Waals surface area contributed by atoms with Crippen molar-refractivity contribution in [3.05, 3.63) is 45.7 Å². The number of benzene rings is 1. The van der Waals surface area contributed by atoms with E-state index in [0.717, 1.165) is 19.5 Å². The van der Waals surface area contributed by atoms with Gasteiger partial charge in [0.15, 0.2) is 0 Å². The molecule has 0 radical (unpaired) electrons. The second-order valence-electron chi connectivity index (χ2n) is 5.91. The first-order valence-corrected chi connectivity index (χ1v) is 8.61. The number of hydrogen-bond donors (Lipinski definition) is 2. The average Bonchev–Trinajstić information content (AvgIpc) is 2.50. The molecule has 1 heterocycles. The number of halogens is 2. The van der Waals surface area contributed by atoms with Crippen molar-refractivity contribution in [1.82, 2.24) is 14.9 Å². The molecule has 2 N–H and O–H groups in total. The number of aryl methyl sites for hydroxylation is 1. The van der Waals surface area contributed by atoms with Gasteiger partial charge in [-0.25, -0.2) is 9.97 Å². The highest BCUT2D eigenvalue weighted by atomic mass is 35.5. The highest BCUT2D eigenvalue weighted by molar-refractivity contribution is 6.35. The van der Waals surface area contributed by atoms with Crippen LogP contribution in [0.5, 0.6) is 0 Å². The van der Waals surface area contributed by atoms with Gasteiger partial charge in [0.1, 0.15) is 5.69 Å². The number of amides is 1. The topological polar surface area (TPSA) is 70.2 Å². The van der Waals surface area contributed by atoms with E-state index in [4.69, 9.17) is 23.2 Å². The molecule has 1 aromatic heterocycles. The van der Waals surface area contributed by atoms with Crippen molar-refractivity contribution in [1.29, 1.82) is 0 Å². The highest BCUT2D eigenvalue weighted by Crippen LogP contribution is 2.22. The Bertz CT molecular complexity index is 732. The second-order valence-corrected chi connectivity index (χ2v) is 6.79. The molecular weight excluding hydrogens is 361 g/mol. The van der Waals surface area contributed by atoms with Crippen LogP contribution < -0.4 is 10.6 Å². The van der Waals surface area contributed by atoms with Crippen LogP contribution in [0.1, 0.15) is 22.6 Å². The van der Waals surface area contributed by atoms with E-state index in [0.29, 0.717) is 27.4 Å². The monoisotopic (exact) mass is 381 g/mol. The lowest BCUT2D eigenvalue weighted by Crippen LogP contribution is -2.19. The van der Waals surface area contributed by atoms with Gasteiger partial charge in [0, 0.05) is 28.0 Å². The maximum absolute atomic E-state index is 12.4. The number of aromatic nitrogens is 2. The Morgan fingerprint density at radius 3 is 2.44 bits per heavy atom. The fourth-order valence-corrected chi connectivity index (χ4v) is 2.71. The lowest BCUT2D eigenvalue weighted by molar-refractivity contribution is 0.102. The average molecular weight is 382 g/mol. The van der Waals surface area contributed by atoms with E-state index in [1.807, 2.05) is 21.0 Å². The van der Waals surface area contributed by atoms with Crippen LogP contribution in [0, 0.1) is 6.92 Å². The number of hydrogen-bond acceptors (Lipinski definition) is 5. The van der Waals surface area contributed by atoms with Crippen molar-refractivity contribution in [2.24, 2.45) is 0 Å². The third-order valence-corrected chi connectivity index (χ3v) is 3.71. The van der Waals surface area contributed by atoms with Crippen molar-refractivity contribution in [2.45, 2.75) is 13.3 Å². The zero-order valence-electron chi connectivity index (χ0n) is 14.4. The Hall–Kier alpha value is -1.89. The van der Waals surface area contributed by atoms with Crippen LogP contribution in [0.3, 0.4) is 0 Å². The van der Waals surface area contributed by atoms with Gasteiger partial charge >= 0.3 is 0 Å². The molecular formula is C17H21Cl2N5O. The molecule has 0 spiro atoms. The number of anilines is 2. The number of carbonyl (C=O) groups is 1. The molecule has 0 bridgehead atoms. The summed E-state index contributed by atoms with van der Waals surface area (Å²) in [5.74, 6) is 0.0909. The summed E-state index contributed by atoms with van der Waals surface area (Å²) in [6, 6.07) is 6.48. The van der Waals surface area contributed by atoms with Gasteiger partial charge < -0.3 is 15.5 Å². The maximum Gasteiger partial charge on any atom is 0.274 e. The van der Waals surface area contributed by atoms with Gasteiger partial charge in [-0.05, 0) is 58.3 Å². The molecule has 0 atom stereocenters. The van der Waals surface area contributed by atoms with Crippen molar-refractivity contribution in [3.63, 3.8) is 0 Å². The fraction of sp³-hybridized carbons (Fsp3) is 0.353. The van der Waals surface area contributed by atoms with E-state index in [-0.39, 0.29) is 11.6 Å². The molecule has 0 unspecified atom stereocenters. The van der Waals surface area contributed by atoms with E-state index in [9.17, 15) is 4.79 Å². The Balaban J connectivity index is 2.06. The van der Waals surface area contributed by atoms with Gasteiger partial charge in [0.2, 0.25) is 5.95 Å². The predicted octanol–water partition coefficient (Wildman–Crippen LogP) is 3.71. The van der Waals surface area contributed by atoms with E-state index < -0.39 is 0 Å². The standard InChI is InChI=1S/C17H21Cl2N5O/c1-11-7-15(23-17(21-11)20-5-4-6-24(2)3)16(25)22-14-9-12(18)8-13(19)10-14/h7-10H,4-6H2,1-3H3,(H,22,25)(H,20,21,23). The molecule has 0 saturated heterocycles. The van der Waals surface area contributed by atoms with Crippen molar-refractivity contribution >= 4 is 40.7 Å². The van der Waals surface area contributed by atoms with Gasteiger partial charge in [-0.1, -0.05) is 23.2 Å². The number of carbonyl (C=O) groups excluding carboxylic acids is 1. The van der Waals surface area contributed by atoms with Gasteiger partial charge in [0.25, 0.3) is 5.91 Å². The van der Waals surface area contributed by atoms with E-state index in [1.165, 1.54) is 0 Å². The molecule has 1 amide bonds. The molecule has 0 aliphatic rings. The number of rotatable bonds is 7. The van der Waals surface area contributed by atoms with Crippen LogP contribution in [0.4, 0.5) is 11.6 Å². The van der Waals surface area contributed by atoms with E-state index >= 15 is 0 Å². The van der Waals surface area contributed by atoms with Crippen LogP contribution in [0.15, 0.2) is 24.3 Å². The lowest BCUT2D eigenvalue weighted by Gasteiger charge is -2.11. The maximum atomic E-state index is 12.4. The molecule has 6 nitrogen and oxygen atoms in total. The molecule has 1 aromatic carbocycles. The normalized spacial score (nSPS) is 10.8. The minimum absolute atomic E-state index is 0.277. The Morgan fingerprint density at radius 1 is 1.12 bits per heavy atom. The molecule has 0 aliphatic carbocycles. The van der Waals surface area contributed by atoms with Crippen LogP contribution in [-0.4, -0.2) is 48.0 Å². The molecule has 0 saturated carbocycles. The molecule has 25 heavy (non-hydrogen) atoms. The summed E-state index contributed by atoms with van der Waals surface area (Å²) in [6.45, 7) is 3.51. The van der Waals surface area contributed by atoms with Gasteiger partial charge in [-0.15, -0.1) is 0 Å². The fourth-order valence-electron chi connectivity index (χ4n) is 2.18. The predicted molar refractivity (Wildman–Crippen MR) is 103 cm³/mol. The number of nitrogens with one attached hydrogen (secondary N) is 2. The minimum Gasteiger partial charge on any atom is -0.354 e. The lowest BCUT2D eigenvalue weighted by atomic mass is 10.3. The number of nitrogens with zero attached hydrogens (tertiary/aromatic N) is 3. The first-order valence-electron chi connectivity index (χ1n) is 7.85. The summed E-state index contributed by atoms with van der Waals surface area (Å²) in [7, 11) is 4.04. The summed E-state index contributed by atoms with van der Waals surface area (Å²) >= 11 is 11.9. The molecule has 8 heteroatoms. The van der Waals surface area contributed by atoms with Gasteiger partial charge in [0.05, 0.1) is 0 Å². The first kappa shape index (κ1) is 19.4. The summed E-state index contributed by atoms with van der Waals surface area (Å²) < 4.78 is 0. The molecule has 0 fully saturated rings. The van der Waals surface area contributed by atoms with Crippen molar-refractivity contribution < 1.29 is 4.79 Å². The summed E-state index contributed by atoms with van der Waals surface area (Å²) in [6.07, 6.45) is 0.951. The molecule has 134 valence electrons. The van der Waals surface area contributed by atoms with E-state index in [1.54, 1.807) is 24.3 Å². The zero-order chi connectivity index (χ0) is 18.4. The molecule has 2 rings (SSSR count). The second kappa shape index (κ2) is 8.99. The van der Waals surface area contributed by atoms with Crippen LogP contribution in [-0.2, 0) is 0 Å². The minimum atomic E-state index is -0.347. The SMILES string of the molecule is Cc1cc(C(=O)Nc2cc(Cl)cc(Cl)c2)nc(NCCCN(C)C)n1. The Morgan fingerprint density at radius 2 is 1.80 bits per heavy atom. The van der Waals surface area contributed by atoms with Gasteiger partial charge in [-0.2, -0.15) is 0 Å². The third kappa shape index (κ3) is 6.49. The van der Waals surface area contributed by atoms with Crippen LogP contribution >= 0.6 is 23.2 Å². The zero-order valence-corrected chi connectivity index (χ0v) is 15.9. The summed E-state index contributed by atoms with van der Waals surface area (Å²) in [5.41, 5.74) is 1.50. The van der Waals surface area contributed by atoms with E-state index in [2.05, 4.69) is 25.5 Å². The Kier molecular flexibility index (Phi) is 6.99. The highest BCUT2D eigenvalue weighted by Gasteiger charge is 2.12. The summed E-state index contributed by atoms with van der Waals surface area (Å²) in [4.78, 5) is 23.1. The quantitative estimate of drug-likeness (QED) is 0.715. The summed E-state index contributed by atoms with van der Waals surface area (Å²) in [5, 5.41) is 6.79. The Labute approximate surface area is 157 Å². The van der Waals surface area contributed by atoms with Crippen molar-refractivity contribution in [3.8, 4) is 0 Å². The van der Waals surface area contributed by atoms with Crippen molar-refractivity contribution in [2.75, 3.05) is 37.8 Å². The third-order valence-electron chi connectivity index (χ3n) is 3.27. The molecule has 2 aromatic rings. The van der Waals surface area contributed by atoms with Gasteiger partial charge in [-0.3, -0.25) is 4.79 Å². The van der Waals surface area contributed by atoms with Crippen LogP contribution in [0.25, 0.3) is 0 Å². The molecule has 0 aliphatic heterocycles. The first-order chi connectivity index (χ1) is 11.8. The largest absolute Gasteiger partial charge is 0.354 e. The van der Waals surface area contributed by atoms with Crippen LogP contribution in [0.2, 0.25) is 10.0 Å². The smallest absolute Gasteiger partial charge is 0.274 e.